The summed E-state index contributed by atoms with van der Waals surface area (Å²) in [5.41, 5.74) is 6.20. The number of hydrogen-bond donors (Lipinski definition) is 2. The molecular formula is C7H9N3OS. The normalized spacial score (nSPS) is 11.2. The van der Waals surface area contributed by atoms with E-state index in [0.29, 0.717) is 12.2 Å². The summed E-state index contributed by atoms with van der Waals surface area (Å²) in [6, 6.07) is 0. The largest absolute Gasteiger partial charge is 0.390 e. The summed E-state index contributed by atoms with van der Waals surface area (Å²) in [5.74, 6) is 0.801. The zero-order valence-electron chi connectivity index (χ0n) is 6.40. The smallest absolute Gasteiger partial charge is 0.128 e. The molecule has 5 heteroatoms. The van der Waals surface area contributed by atoms with Crippen LogP contribution in [0.15, 0.2) is 11.6 Å². The van der Waals surface area contributed by atoms with Gasteiger partial charge in [-0.25, -0.2) is 4.98 Å². The molecule has 0 amide bonds. The van der Waals surface area contributed by atoms with Crippen LogP contribution in [0.2, 0.25) is 0 Å². The van der Waals surface area contributed by atoms with E-state index >= 15 is 0 Å². The molecule has 2 heterocycles. The first-order valence-electron chi connectivity index (χ1n) is 3.61. The van der Waals surface area contributed by atoms with Crippen molar-refractivity contribution in [3.05, 3.63) is 23.1 Å². The van der Waals surface area contributed by atoms with E-state index in [1.54, 1.807) is 11.3 Å². The first-order valence-corrected chi connectivity index (χ1v) is 4.49. The lowest BCUT2D eigenvalue weighted by molar-refractivity contribution is 0.279. The molecule has 2 rings (SSSR count). The summed E-state index contributed by atoms with van der Waals surface area (Å²) in [6.07, 6.45) is 1.91. The van der Waals surface area contributed by atoms with Crippen LogP contribution in [0.25, 0.3) is 4.83 Å². The number of aliphatic hydroxyl groups excluding tert-OH is 1. The van der Waals surface area contributed by atoms with E-state index in [0.717, 1.165) is 10.7 Å². The maximum atomic E-state index is 8.95. The second-order valence-electron chi connectivity index (χ2n) is 2.42. The summed E-state index contributed by atoms with van der Waals surface area (Å²) in [5, 5.41) is 10.9. The minimum Gasteiger partial charge on any atom is -0.390 e. The number of imidazole rings is 1. The van der Waals surface area contributed by atoms with Crippen LogP contribution >= 0.6 is 11.3 Å². The van der Waals surface area contributed by atoms with Crippen LogP contribution < -0.4 is 5.73 Å². The van der Waals surface area contributed by atoms with E-state index in [1.165, 1.54) is 0 Å². The van der Waals surface area contributed by atoms with Gasteiger partial charge in [0.25, 0.3) is 0 Å². The molecule has 2 aromatic rings. The lowest BCUT2D eigenvalue weighted by Crippen LogP contribution is -2.01. The van der Waals surface area contributed by atoms with Crippen LogP contribution in [0.3, 0.4) is 0 Å². The Morgan fingerprint density at radius 3 is 3.17 bits per heavy atom. The van der Waals surface area contributed by atoms with E-state index in [1.807, 2.05) is 16.0 Å². The molecule has 0 spiro atoms. The summed E-state index contributed by atoms with van der Waals surface area (Å²) >= 11 is 1.56. The number of thiazole rings is 1. The highest BCUT2D eigenvalue weighted by Gasteiger charge is 2.08. The average molecular weight is 183 g/mol. The van der Waals surface area contributed by atoms with Crippen molar-refractivity contribution in [1.82, 2.24) is 9.38 Å². The van der Waals surface area contributed by atoms with Crippen LogP contribution in [0, 0.1) is 0 Å². The summed E-state index contributed by atoms with van der Waals surface area (Å²) < 4.78 is 1.91. The zero-order valence-corrected chi connectivity index (χ0v) is 7.21. The summed E-state index contributed by atoms with van der Waals surface area (Å²) in [6.45, 7) is 0.377. The fourth-order valence-corrected chi connectivity index (χ4v) is 2.03. The number of fused-ring (bicyclic) bond motifs is 1. The van der Waals surface area contributed by atoms with Gasteiger partial charge in [-0.05, 0) is 0 Å². The zero-order chi connectivity index (χ0) is 8.55. The molecule has 0 saturated heterocycles. The number of nitrogens with zero attached hydrogens (tertiary/aromatic N) is 2. The van der Waals surface area contributed by atoms with Gasteiger partial charge in [0, 0.05) is 11.6 Å². The van der Waals surface area contributed by atoms with Crippen molar-refractivity contribution in [3.63, 3.8) is 0 Å². The standard InChI is InChI=1S/C7H9N3OS/c8-3-6-9-5(4-11)7-10(6)1-2-12-7/h1-2,11H,3-4,8H2. The maximum Gasteiger partial charge on any atom is 0.128 e. The van der Waals surface area contributed by atoms with Crippen LogP contribution in [0.4, 0.5) is 0 Å². The summed E-state index contributed by atoms with van der Waals surface area (Å²) in [4.78, 5) is 5.17. The maximum absolute atomic E-state index is 8.95. The van der Waals surface area contributed by atoms with Crippen LogP contribution in [-0.4, -0.2) is 14.5 Å². The molecule has 3 N–H and O–H groups in total. The number of rotatable bonds is 2. The summed E-state index contributed by atoms with van der Waals surface area (Å²) in [7, 11) is 0. The Labute approximate surface area is 73.3 Å². The molecule has 0 aliphatic carbocycles. The molecule has 64 valence electrons. The third kappa shape index (κ3) is 0.945. The molecule has 12 heavy (non-hydrogen) atoms. The molecule has 0 aliphatic heterocycles. The first-order chi connectivity index (χ1) is 5.86. The quantitative estimate of drug-likeness (QED) is 0.706. The fraction of sp³-hybridized carbons (Fsp3) is 0.286. The SMILES string of the molecule is NCc1nc(CO)c2sccn12. The topological polar surface area (TPSA) is 63.5 Å². The van der Waals surface area contributed by atoms with Gasteiger partial charge in [0.05, 0.1) is 13.2 Å². The molecule has 4 nitrogen and oxygen atoms in total. The van der Waals surface area contributed by atoms with E-state index in [4.69, 9.17) is 10.8 Å². The predicted molar refractivity (Wildman–Crippen MR) is 46.9 cm³/mol. The van der Waals surface area contributed by atoms with Gasteiger partial charge in [-0.3, -0.25) is 4.40 Å². The number of aliphatic hydroxyl groups is 1. The predicted octanol–water partition coefficient (Wildman–Crippen LogP) is 0.347. The highest BCUT2D eigenvalue weighted by Crippen LogP contribution is 2.18. The van der Waals surface area contributed by atoms with E-state index < -0.39 is 0 Å². The van der Waals surface area contributed by atoms with Crippen LogP contribution in [-0.2, 0) is 13.2 Å². The van der Waals surface area contributed by atoms with Crippen molar-refractivity contribution in [3.8, 4) is 0 Å². The lowest BCUT2D eigenvalue weighted by Gasteiger charge is -1.88. The van der Waals surface area contributed by atoms with Gasteiger partial charge >= 0.3 is 0 Å². The highest BCUT2D eigenvalue weighted by molar-refractivity contribution is 7.15. The Morgan fingerprint density at radius 2 is 2.50 bits per heavy atom. The molecule has 0 radical (unpaired) electrons. The van der Waals surface area contributed by atoms with Crippen molar-refractivity contribution in [2.45, 2.75) is 13.2 Å². The lowest BCUT2D eigenvalue weighted by atomic mass is 10.5. The Balaban J connectivity index is 2.70. The van der Waals surface area contributed by atoms with Crippen LogP contribution in [0.5, 0.6) is 0 Å². The Kier molecular flexibility index (Phi) is 1.84. The Bertz CT molecular complexity index is 359. The van der Waals surface area contributed by atoms with E-state index in [-0.39, 0.29) is 6.61 Å². The molecule has 0 aliphatic rings. The second kappa shape index (κ2) is 2.85. The first kappa shape index (κ1) is 7.72. The number of nitrogens with two attached hydrogens (primary N) is 1. The third-order valence-corrected chi connectivity index (χ3v) is 2.64. The molecule has 0 atom stereocenters. The van der Waals surface area contributed by atoms with Gasteiger partial charge in [-0.1, -0.05) is 0 Å². The average Bonchev–Trinajstić information content (AvgIpc) is 2.63. The van der Waals surface area contributed by atoms with E-state index in [2.05, 4.69) is 4.98 Å². The second-order valence-corrected chi connectivity index (χ2v) is 3.31. The van der Waals surface area contributed by atoms with E-state index in [9.17, 15) is 0 Å². The van der Waals surface area contributed by atoms with Gasteiger partial charge in [0.1, 0.15) is 16.3 Å². The molecule has 0 fully saturated rings. The van der Waals surface area contributed by atoms with Gasteiger partial charge in [0.15, 0.2) is 0 Å². The van der Waals surface area contributed by atoms with Crippen molar-refractivity contribution in [1.29, 1.82) is 0 Å². The van der Waals surface area contributed by atoms with Gasteiger partial charge < -0.3 is 10.8 Å². The van der Waals surface area contributed by atoms with Crippen molar-refractivity contribution >= 4 is 16.2 Å². The van der Waals surface area contributed by atoms with Gasteiger partial charge in [-0.15, -0.1) is 11.3 Å². The molecule has 0 unspecified atom stereocenters. The highest BCUT2D eigenvalue weighted by atomic mass is 32.1. The Hall–Kier alpha value is -0.910. The van der Waals surface area contributed by atoms with Gasteiger partial charge in [0.2, 0.25) is 0 Å². The van der Waals surface area contributed by atoms with Crippen molar-refractivity contribution < 1.29 is 5.11 Å². The molecule has 2 aromatic heterocycles. The van der Waals surface area contributed by atoms with Crippen molar-refractivity contribution in [2.75, 3.05) is 0 Å². The minimum absolute atomic E-state index is 0.0238. The van der Waals surface area contributed by atoms with Gasteiger partial charge in [-0.2, -0.15) is 0 Å². The molecule has 0 bridgehead atoms. The number of aromatic nitrogens is 2. The monoisotopic (exact) mass is 183 g/mol. The molecule has 0 saturated carbocycles. The van der Waals surface area contributed by atoms with Crippen molar-refractivity contribution in [2.24, 2.45) is 5.73 Å². The Morgan fingerprint density at radius 1 is 1.67 bits per heavy atom. The fourth-order valence-electron chi connectivity index (χ4n) is 1.19. The van der Waals surface area contributed by atoms with Crippen LogP contribution in [0.1, 0.15) is 11.5 Å². The number of hydrogen-bond acceptors (Lipinski definition) is 4. The minimum atomic E-state index is -0.0238. The molecule has 0 aromatic carbocycles. The molecular weight excluding hydrogens is 174 g/mol. The third-order valence-electron chi connectivity index (χ3n) is 1.73.